The molecule has 1 atom stereocenters. The van der Waals surface area contributed by atoms with Gasteiger partial charge in [-0.1, -0.05) is 24.4 Å². The highest BCUT2D eigenvalue weighted by Gasteiger charge is 2.38. The zero-order chi connectivity index (χ0) is 17.4. The van der Waals surface area contributed by atoms with Crippen LogP contribution in [-0.2, 0) is 15.4 Å². The van der Waals surface area contributed by atoms with E-state index < -0.39 is 16.1 Å². The summed E-state index contributed by atoms with van der Waals surface area (Å²) in [6.07, 6.45) is 3.61. The van der Waals surface area contributed by atoms with Crippen LogP contribution in [0.15, 0.2) is 28.5 Å². The number of rotatable bonds is 6. The van der Waals surface area contributed by atoms with E-state index in [0.717, 1.165) is 46.8 Å². The van der Waals surface area contributed by atoms with Crippen LogP contribution in [0.25, 0.3) is 0 Å². The highest BCUT2D eigenvalue weighted by molar-refractivity contribution is 7.91. The maximum Gasteiger partial charge on any atom is 0.250 e. The minimum absolute atomic E-state index is 0.175. The van der Waals surface area contributed by atoms with Crippen LogP contribution in [0.5, 0.6) is 0 Å². The van der Waals surface area contributed by atoms with Gasteiger partial charge in [-0.15, -0.1) is 22.7 Å². The van der Waals surface area contributed by atoms with Crippen LogP contribution >= 0.6 is 34.3 Å². The summed E-state index contributed by atoms with van der Waals surface area (Å²) in [5.74, 6) is 0. The smallest absolute Gasteiger partial charge is 0.250 e. The highest BCUT2D eigenvalue weighted by atomic mass is 35.5. The first-order chi connectivity index (χ1) is 11.3. The van der Waals surface area contributed by atoms with Gasteiger partial charge in [0.15, 0.2) is 0 Å². The Hall–Kier alpha value is -0.440. The van der Waals surface area contributed by atoms with Gasteiger partial charge >= 0.3 is 0 Å². The molecule has 1 aliphatic carbocycles. The Bertz CT molecular complexity index is 804. The second-order valence-corrected chi connectivity index (χ2v) is 11.1. The number of thiophene rings is 2. The molecular formula is C16H20ClNO3S3. The zero-order valence-electron chi connectivity index (χ0n) is 13.3. The van der Waals surface area contributed by atoms with Gasteiger partial charge in [0, 0.05) is 21.7 Å². The largest absolute Gasteiger partial charge is 0.388 e. The molecule has 0 aliphatic heterocycles. The van der Waals surface area contributed by atoms with Crippen LogP contribution in [-0.4, -0.2) is 20.1 Å². The van der Waals surface area contributed by atoms with Gasteiger partial charge in [-0.25, -0.2) is 13.1 Å². The van der Waals surface area contributed by atoms with E-state index in [4.69, 9.17) is 11.6 Å². The lowest BCUT2D eigenvalue weighted by atomic mass is 9.85. The van der Waals surface area contributed by atoms with Gasteiger partial charge < -0.3 is 5.11 Å². The molecule has 3 rings (SSSR count). The molecule has 132 valence electrons. The van der Waals surface area contributed by atoms with Gasteiger partial charge in [0.05, 0.1) is 10.4 Å². The van der Waals surface area contributed by atoms with Crippen molar-refractivity contribution in [2.24, 2.45) is 0 Å². The van der Waals surface area contributed by atoms with Crippen LogP contribution in [0.2, 0.25) is 4.34 Å². The Morgan fingerprint density at radius 2 is 1.96 bits per heavy atom. The fourth-order valence-corrected chi connectivity index (χ4v) is 7.01. The molecule has 0 amide bonds. The van der Waals surface area contributed by atoms with E-state index in [0.29, 0.717) is 10.9 Å². The summed E-state index contributed by atoms with van der Waals surface area (Å²) >= 11 is 8.50. The molecular weight excluding hydrogens is 386 g/mol. The van der Waals surface area contributed by atoms with Gasteiger partial charge in [0.1, 0.15) is 4.21 Å². The summed E-state index contributed by atoms with van der Waals surface area (Å²) in [4.78, 5) is 2.08. The quantitative estimate of drug-likeness (QED) is 0.752. The monoisotopic (exact) mass is 405 g/mol. The number of halogens is 1. The third-order valence-electron chi connectivity index (χ3n) is 4.54. The summed E-state index contributed by atoms with van der Waals surface area (Å²) < 4.78 is 28.5. The molecule has 0 aromatic carbocycles. The first-order valence-electron chi connectivity index (χ1n) is 7.86. The second kappa shape index (κ2) is 7.05. The van der Waals surface area contributed by atoms with E-state index in [9.17, 15) is 13.5 Å². The molecule has 0 radical (unpaired) electrons. The highest BCUT2D eigenvalue weighted by Crippen LogP contribution is 2.44. The van der Waals surface area contributed by atoms with E-state index in [1.54, 1.807) is 24.3 Å². The average Bonchev–Trinajstić information content (AvgIpc) is 3.25. The molecule has 2 heterocycles. The number of hydrogen-bond donors (Lipinski definition) is 2. The molecule has 4 nitrogen and oxygen atoms in total. The lowest BCUT2D eigenvalue weighted by Crippen LogP contribution is -2.38. The molecule has 1 unspecified atom stereocenters. The number of hydrogen-bond acceptors (Lipinski definition) is 5. The fraction of sp³-hybridized carbons (Fsp3) is 0.500. The van der Waals surface area contributed by atoms with Crippen molar-refractivity contribution >= 4 is 44.3 Å². The van der Waals surface area contributed by atoms with Gasteiger partial charge in [0.2, 0.25) is 10.0 Å². The SMILES string of the molecule is CC(O)c1ccc(C2(CNS(=O)(=O)c3ccc(Cl)s3)CCCC2)s1. The van der Waals surface area contributed by atoms with E-state index in [-0.39, 0.29) is 9.62 Å². The molecule has 1 aliphatic rings. The molecule has 2 aromatic heterocycles. The van der Waals surface area contributed by atoms with Crippen LogP contribution < -0.4 is 4.72 Å². The predicted molar refractivity (Wildman–Crippen MR) is 99.6 cm³/mol. The van der Waals surface area contributed by atoms with Gasteiger partial charge in [0.25, 0.3) is 0 Å². The van der Waals surface area contributed by atoms with Crippen molar-refractivity contribution < 1.29 is 13.5 Å². The predicted octanol–water partition coefficient (Wildman–Crippen LogP) is 4.31. The Morgan fingerprint density at radius 1 is 1.25 bits per heavy atom. The number of sulfonamides is 1. The maximum absolute atomic E-state index is 12.5. The van der Waals surface area contributed by atoms with Crippen LogP contribution in [0, 0.1) is 0 Å². The summed E-state index contributed by atoms with van der Waals surface area (Å²) in [6, 6.07) is 7.11. The molecule has 8 heteroatoms. The molecule has 1 saturated carbocycles. The third kappa shape index (κ3) is 3.71. The van der Waals surface area contributed by atoms with E-state index >= 15 is 0 Å². The number of nitrogens with one attached hydrogen (secondary N) is 1. The van der Waals surface area contributed by atoms with Crippen LogP contribution in [0.4, 0.5) is 0 Å². The Labute approximate surface area is 155 Å². The van der Waals surface area contributed by atoms with Gasteiger partial charge in [-0.3, -0.25) is 0 Å². The lowest BCUT2D eigenvalue weighted by molar-refractivity contribution is 0.203. The van der Waals surface area contributed by atoms with Gasteiger partial charge in [-0.2, -0.15) is 0 Å². The van der Waals surface area contributed by atoms with Gasteiger partial charge in [-0.05, 0) is 44.0 Å². The summed E-state index contributed by atoms with van der Waals surface area (Å²) in [7, 11) is -3.54. The van der Waals surface area contributed by atoms with Crippen molar-refractivity contribution in [3.8, 4) is 0 Å². The van der Waals surface area contributed by atoms with Crippen LogP contribution in [0.3, 0.4) is 0 Å². The Morgan fingerprint density at radius 3 is 2.50 bits per heavy atom. The maximum atomic E-state index is 12.5. The third-order valence-corrected chi connectivity index (χ3v) is 9.16. The molecule has 2 N–H and O–H groups in total. The molecule has 2 aromatic rings. The molecule has 0 bridgehead atoms. The first kappa shape index (κ1) is 18.4. The Kier molecular flexibility index (Phi) is 5.39. The van der Waals surface area contributed by atoms with E-state index in [2.05, 4.69) is 4.72 Å². The fourth-order valence-electron chi connectivity index (χ4n) is 3.17. The minimum atomic E-state index is -3.54. The van der Waals surface area contributed by atoms with Crippen molar-refractivity contribution in [1.82, 2.24) is 4.72 Å². The summed E-state index contributed by atoms with van der Waals surface area (Å²) in [5.41, 5.74) is -0.175. The molecule has 0 saturated heterocycles. The number of aliphatic hydroxyl groups is 1. The topological polar surface area (TPSA) is 66.4 Å². The number of aliphatic hydroxyl groups excluding tert-OH is 1. The molecule has 1 fully saturated rings. The van der Waals surface area contributed by atoms with Crippen LogP contribution in [0.1, 0.15) is 48.5 Å². The van der Waals surface area contributed by atoms with E-state index in [1.165, 1.54) is 6.07 Å². The summed E-state index contributed by atoms with van der Waals surface area (Å²) in [6.45, 7) is 2.13. The average molecular weight is 406 g/mol. The van der Waals surface area contributed by atoms with E-state index in [1.807, 2.05) is 12.1 Å². The summed E-state index contributed by atoms with van der Waals surface area (Å²) in [5, 5.41) is 9.76. The molecule has 24 heavy (non-hydrogen) atoms. The van der Waals surface area contributed by atoms with Crippen molar-refractivity contribution in [3.05, 3.63) is 38.4 Å². The zero-order valence-corrected chi connectivity index (χ0v) is 16.5. The lowest BCUT2D eigenvalue weighted by Gasteiger charge is -2.28. The van der Waals surface area contributed by atoms with Crippen molar-refractivity contribution in [2.45, 2.75) is 48.3 Å². The molecule has 0 spiro atoms. The standard InChI is InChI=1S/C16H20ClNO3S3/c1-11(19)12-4-5-13(22-12)16(8-2-3-9-16)10-18-24(20,21)15-7-6-14(17)23-15/h4-7,11,18-19H,2-3,8-10H2,1H3. The van der Waals surface area contributed by atoms with Crippen molar-refractivity contribution in [1.29, 1.82) is 0 Å². The minimum Gasteiger partial charge on any atom is -0.388 e. The normalized spacial score (nSPS) is 18.8. The first-order valence-corrected chi connectivity index (χ1v) is 11.4. The van der Waals surface area contributed by atoms with Crippen molar-refractivity contribution in [2.75, 3.05) is 6.54 Å². The second-order valence-electron chi connectivity index (χ2n) is 6.25. The Balaban J connectivity index is 1.81. The van der Waals surface area contributed by atoms with Crippen molar-refractivity contribution in [3.63, 3.8) is 0 Å².